The van der Waals surface area contributed by atoms with Crippen molar-refractivity contribution in [3.63, 3.8) is 0 Å². The molecule has 1 saturated heterocycles. The number of hydrogen-bond donors (Lipinski definition) is 0. The lowest BCUT2D eigenvalue weighted by atomic mass is 10.1. The van der Waals surface area contributed by atoms with E-state index in [0.29, 0.717) is 48.8 Å². The van der Waals surface area contributed by atoms with Gasteiger partial charge in [0.1, 0.15) is 5.75 Å². The van der Waals surface area contributed by atoms with Gasteiger partial charge >= 0.3 is 0 Å². The summed E-state index contributed by atoms with van der Waals surface area (Å²) in [6.07, 6.45) is 4.24. The molecular formula is C25H28N2O3S. The van der Waals surface area contributed by atoms with E-state index in [1.54, 1.807) is 16.4 Å². The summed E-state index contributed by atoms with van der Waals surface area (Å²) in [7, 11) is -3.57. The maximum atomic E-state index is 13.4. The number of piperazine rings is 1. The first kappa shape index (κ1) is 21.6. The molecule has 6 heteroatoms. The van der Waals surface area contributed by atoms with Crippen LogP contribution in [-0.4, -0.2) is 57.0 Å². The van der Waals surface area contributed by atoms with Crippen molar-refractivity contribution in [2.75, 3.05) is 39.3 Å². The third-order valence-corrected chi connectivity index (χ3v) is 7.52. The van der Waals surface area contributed by atoms with Gasteiger partial charge in [-0.1, -0.05) is 66.7 Å². The highest BCUT2D eigenvalue weighted by atomic mass is 32.2. The largest absolute Gasteiger partial charge is 0.493 e. The van der Waals surface area contributed by atoms with Crippen molar-refractivity contribution >= 4 is 26.9 Å². The maximum absolute atomic E-state index is 13.4. The number of rotatable bonds is 7. The van der Waals surface area contributed by atoms with Gasteiger partial charge in [-0.2, -0.15) is 4.31 Å². The molecule has 1 aliphatic heterocycles. The zero-order valence-corrected chi connectivity index (χ0v) is 18.6. The topological polar surface area (TPSA) is 49.9 Å². The molecule has 0 saturated carbocycles. The first-order chi connectivity index (χ1) is 15.1. The summed E-state index contributed by atoms with van der Waals surface area (Å²) in [6.45, 7) is 5.69. The van der Waals surface area contributed by atoms with Crippen molar-refractivity contribution in [2.24, 2.45) is 0 Å². The zero-order valence-electron chi connectivity index (χ0n) is 17.8. The SMILES string of the molecule is CCOc1ccc(S(=O)(=O)N2CCN(CC=Cc3ccccc3)CC2)c2ccccc12. The Balaban J connectivity index is 1.46. The van der Waals surface area contributed by atoms with E-state index in [1.165, 1.54) is 5.56 Å². The number of fused-ring (bicyclic) bond motifs is 1. The maximum Gasteiger partial charge on any atom is 0.243 e. The van der Waals surface area contributed by atoms with Crippen molar-refractivity contribution in [1.29, 1.82) is 0 Å². The van der Waals surface area contributed by atoms with Crippen molar-refractivity contribution in [1.82, 2.24) is 9.21 Å². The van der Waals surface area contributed by atoms with Gasteiger partial charge in [0.05, 0.1) is 11.5 Å². The molecule has 0 radical (unpaired) electrons. The van der Waals surface area contributed by atoms with Crippen LogP contribution in [0.3, 0.4) is 0 Å². The van der Waals surface area contributed by atoms with E-state index in [1.807, 2.05) is 49.4 Å². The van der Waals surface area contributed by atoms with Gasteiger partial charge in [-0.05, 0) is 24.6 Å². The fourth-order valence-electron chi connectivity index (χ4n) is 3.94. The molecule has 0 spiro atoms. The molecule has 0 amide bonds. The molecule has 3 aromatic carbocycles. The van der Waals surface area contributed by atoms with Crippen LogP contribution in [0.25, 0.3) is 16.8 Å². The summed E-state index contributed by atoms with van der Waals surface area (Å²) in [5.74, 6) is 0.715. The van der Waals surface area contributed by atoms with Crippen LogP contribution in [0.5, 0.6) is 5.75 Å². The molecule has 0 N–H and O–H groups in total. The van der Waals surface area contributed by atoms with E-state index in [0.717, 1.165) is 11.9 Å². The van der Waals surface area contributed by atoms with Gasteiger partial charge in [-0.25, -0.2) is 8.42 Å². The smallest absolute Gasteiger partial charge is 0.243 e. The Morgan fingerprint density at radius 2 is 1.55 bits per heavy atom. The molecular weight excluding hydrogens is 408 g/mol. The first-order valence-corrected chi connectivity index (χ1v) is 12.1. The van der Waals surface area contributed by atoms with Crippen LogP contribution >= 0.6 is 0 Å². The highest BCUT2D eigenvalue weighted by Gasteiger charge is 2.29. The fourth-order valence-corrected chi connectivity index (χ4v) is 5.56. The second kappa shape index (κ2) is 9.64. The molecule has 3 aromatic rings. The predicted molar refractivity (Wildman–Crippen MR) is 126 cm³/mol. The van der Waals surface area contributed by atoms with Gasteiger partial charge in [0.2, 0.25) is 10.0 Å². The van der Waals surface area contributed by atoms with E-state index < -0.39 is 10.0 Å². The molecule has 0 aliphatic carbocycles. The number of benzene rings is 3. The number of ether oxygens (including phenoxy) is 1. The van der Waals surface area contributed by atoms with Crippen LogP contribution in [0.2, 0.25) is 0 Å². The standard InChI is InChI=1S/C25H28N2O3S/c1-2-30-24-14-15-25(23-13-7-6-12-22(23)24)31(28,29)27-19-17-26(18-20-27)16-8-11-21-9-4-3-5-10-21/h3-15H,2,16-20H2,1H3. The van der Waals surface area contributed by atoms with Gasteiger partial charge in [0.25, 0.3) is 0 Å². The van der Waals surface area contributed by atoms with Gasteiger partial charge in [0, 0.05) is 43.5 Å². The predicted octanol–water partition coefficient (Wildman–Crippen LogP) is 4.26. The van der Waals surface area contributed by atoms with Crippen LogP contribution in [0.1, 0.15) is 12.5 Å². The molecule has 1 fully saturated rings. The van der Waals surface area contributed by atoms with E-state index in [2.05, 4.69) is 29.2 Å². The molecule has 31 heavy (non-hydrogen) atoms. The Labute approximate surface area is 184 Å². The van der Waals surface area contributed by atoms with Gasteiger partial charge < -0.3 is 4.74 Å². The molecule has 1 heterocycles. The Kier molecular flexibility index (Phi) is 6.70. The van der Waals surface area contributed by atoms with Gasteiger partial charge in [-0.15, -0.1) is 0 Å². The summed E-state index contributed by atoms with van der Waals surface area (Å²) in [6, 6.07) is 21.2. The van der Waals surface area contributed by atoms with Crippen LogP contribution in [0.4, 0.5) is 0 Å². The average molecular weight is 437 g/mol. The van der Waals surface area contributed by atoms with Gasteiger partial charge in [-0.3, -0.25) is 4.90 Å². The van der Waals surface area contributed by atoms with Crippen LogP contribution in [0, 0.1) is 0 Å². The molecule has 0 bridgehead atoms. The lowest BCUT2D eigenvalue weighted by molar-refractivity contribution is 0.204. The van der Waals surface area contributed by atoms with Crippen molar-refractivity contribution in [3.05, 3.63) is 78.4 Å². The molecule has 162 valence electrons. The molecule has 5 nitrogen and oxygen atoms in total. The van der Waals surface area contributed by atoms with E-state index in [-0.39, 0.29) is 0 Å². The van der Waals surface area contributed by atoms with Crippen LogP contribution in [0.15, 0.2) is 77.7 Å². The Hall–Kier alpha value is -2.67. The Morgan fingerprint density at radius 1 is 0.871 bits per heavy atom. The average Bonchev–Trinajstić information content (AvgIpc) is 2.80. The van der Waals surface area contributed by atoms with Crippen LogP contribution in [-0.2, 0) is 10.0 Å². The summed E-state index contributed by atoms with van der Waals surface area (Å²) in [5.41, 5.74) is 1.17. The molecule has 0 unspecified atom stereocenters. The minimum absolute atomic E-state index is 0.351. The van der Waals surface area contributed by atoms with Gasteiger partial charge in [0.15, 0.2) is 0 Å². The molecule has 4 rings (SSSR count). The quantitative estimate of drug-likeness (QED) is 0.555. The van der Waals surface area contributed by atoms with E-state index in [4.69, 9.17) is 4.74 Å². The number of nitrogens with zero attached hydrogens (tertiary/aromatic N) is 2. The van der Waals surface area contributed by atoms with Crippen molar-refractivity contribution in [3.8, 4) is 5.75 Å². The summed E-state index contributed by atoms with van der Waals surface area (Å²) in [5, 5.41) is 1.54. The second-order valence-electron chi connectivity index (χ2n) is 7.56. The minimum atomic E-state index is -3.57. The normalized spacial score (nSPS) is 16.2. The molecule has 0 aromatic heterocycles. The molecule has 1 aliphatic rings. The fraction of sp³-hybridized carbons (Fsp3) is 0.280. The monoisotopic (exact) mass is 436 g/mol. The highest BCUT2D eigenvalue weighted by molar-refractivity contribution is 7.89. The Morgan fingerprint density at radius 3 is 2.26 bits per heavy atom. The van der Waals surface area contributed by atoms with Crippen molar-refractivity contribution < 1.29 is 13.2 Å². The third-order valence-electron chi connectivity index (χ3n) is 5.57. The molecule has 0 atom stereocenters. The number of hydrogen-bond acceptors (Lipinski definition) is 4. The van der Waals surface area contributed by atoms with E-state index in [9.17, 15) is 8.42 Å². The summed E-state index contributed by atoms with van der Waals surface area (Å²) < 4.78 is 34.2. The highest BCUT2D eigenvalue weighted by Crippen LogP contribution is 2.32. The Bertz CT molecular complexity index is 1150. The first-order valence-electron chi connectivity index (χ1n) is 10.7. The number of sulfonamides is 1. The second-order valence-corrected chi connectivity index (χ2v) is 9.46. The zero-order chi connectivity index (χ0) is 21.7. The lowest BCUT2D eigenvalue weighted by Crippen LogP contribution is -2.48. The summed E-state index contributed by atoms with van der Waals surface area (Å²) in [4.78, 5) is 2.63. The van der Waals surface area contributed by atoms with E-state index >= 15 is 0 Å². The minimum Gasteiger partial charge on any atom is -0.493 e. The van der Waals surface area contributed by atoms with Crippen LogP contribution < -0.4 is 4.74 Å². The third kappa shape index (κ3) is 4.82. The van der Waals surface area contributed by atoms with Crippen molar-refractivity contribution in [2.45, 2.75) is 11.8 Å². The summed E-state index contributed by atoms with van der Waals surface area (Å²) >= 11 is 0. The lowest BCUT2D eigenvalue weighted by Gasteiger charge is -2.33.